The van der Waals surface area contributed by atoms with Crippen molar-refractivity contribution in [2.45, 2.75) is 6.92 Å². The van der Waals surface area contributed by atoms with Crippen LogP contribution in [-0.4, -0.2) is 26.4 Å². The minimum absolute atomic E-state index is 0.495. The fourth-order valence-electron chi connectivity index (χ4n) is 2.61. The van der Waals surface area contributed by atoms with Gasteiger partial charge in [0.2, 0.25) is 0 Å². The summed E-state index contributed by atoms with van der Waals surface area (Å²) >= 11 is 0. The second-order valence-corrected chi connectivity index (χ2v) is 6.08. The molecule has 4 nitrogen and oxygen atoms in total. The maximum absolute atomic E-state index is 5.80. The first-order valence-electron chi connectivity index (χ1n) is 9.14. The van der Waals surface area contributed by atoms with E-state index in [9.17, 15) is 0 Å². The molecule has 0 bridgehead atoms. The maximum atomic E-state index is 5.80. The molecule has 3 aromatic carbocycles. The second kappa shape index (κ2) is 10.1. The molecule has 0 aromatic heterocycles. The van der Waals surface area contributed by atoms with Crippen molar-refractivity contribution < 1.29 is 14.2 Å². The average molecular weight is 363 g/mol. The zero-order chi connectivity index (χ0) is 18.7. The third-order valence-corrected chi connectivity index (χ3v) is 3.98. The number of ether oxygens (including phenoxy) is 3. The number of aryl methyl sites for hydroxylation is 1. The van der Waals surface area contributed by atoms with Gasteiger partial charge in [0, 0.05) is 18.3 Å². The van der Waals surface area contributed by atoms with Crippen molar-refractivity contribution in [2.24, 2.45) is 0 Å². The van der Waals surface area contributed by atoms with Gasteiger partial charge in [-0.1, -0.05) is 42.5 Å². The summed E-state index contributed by atoms with van der Waals surface area (Å²) in [5, 5.41) is 3.35. The minimum Gasteiger partial charge on any atom is -0.491 e. The molecule has 0 radical (unpaired) electrons. The Bertz CT molecular complexity index is 821. The molecule has 0 aliphatic rings. The van der Waals surface area contributed by atoms with Crippen LogP contribution in [0.25, 0.3) is 0 Å². The van der Waals surface area contributed by atoms with E-state index in [4.69, 9.17) is 14.2 Å². The van der Waals surface area contributed by atoms with Crippen molar-refractivity contribution in [3.63, 3.8) is 0 Å². The largest absolute Gasteiger partial charge is 0.491 e. The van der Waals surface area contributed by atoms with Crippen LogP contribution in [-0.2, 0) is 0 Å². The normalized spacial score (nSPS) is 10.3. The number of nitrogens with one attached hydrogen (secondary N) is 1. The Kier molecular flexibility index (Phi) is 6.99. The number of hydrogen-bond acceptors (Lipinski definition) is 4. The first-order valence-corrected chi connectivity index (χ1v) is 9.14. The van der Waals surface area contributed by atoms with E-state index in [1.807, 2.05) is 85.8 Å². The highest BCUT2D eigenvalue weighted by molar-refractivity contribution is 5.48. The van der Waals surface area contributed by atoms with Gasteiger partial charge >= 0.3 is 0 Å². The molecule has 3 aromatic rings. The van der Waals surface area contributed by atoms with E-state index in [1.165, 1.54) is 0 Å². The van der Waals surface area contributed by atoms with Crippen molar-refractivity contribution in [3.05, 3.63) is 84.4 Å². The SMILES string of the molecule is Cc1ccccc1OCCNc1cccc(OCCOc2ccccc2)c1. The molecule has 27 heavy (non-hydrogen) atoms. The van der Waals surface area contributed by atoms with Crippen LogP contribution in [0.15, 0.2) is 78.9 Å². The first-order chi connectivity index (χ1) is 13.3. The number of para-hydroxylation sites is 2. The molecule has 0 aliphatic carbocycles. The zero-order valence-electron chi connectivity index (χ0n) is 15.6. The third-order valence-electron chi connectivity index (χ3n) is 3.98. The van der Waals surface area contributed by atoms with Crippen LogP contribution in [0.3, 0.4) is 0 Å². The molecule has 0 unspecified atom stereocenters. The van der Waals surface area contributed by atoms with Crippen LogP contribution in [0.4, 0.5) is 5.69 Å². The Labute approximate surface area is 160 Å². The molecule has 4 heteroatoms. The van der Waals surface area contributed by atoms with Crippen LogP contribution in [0, 0.1) is 6.92 Å². The number of hydrogen-bond donors (Lipinski definition) is 1. The lowest BCUT2D eigenvalue weighted by Gasteiger charge is -2.12. The van der Waals surface area contributed by atoms with Gasteiger partial charge in [-0.15, -0.1) is 0 Å². The number of rotatable bonds is 10. The molecule has 0 saturated carbocycles. The van der Waals surface area contributed by atoms with E-state index in [-0.39, 0.29) is 0 Å². The van der Waals surface area contributed by atoms with Gasteiger partial charge < -0.3 is 19.5 Å². The van der Waals surface area contributed by atoms with Crippen LogP contribution < -0.4 is 19.5 Å². The third kappa shape index (κ3) is 6.26. The van der Waals surface area contributed by atoms with Gasteiger partial charge in [0.25, 0.3) is 0 Å². The smallest absolute Gasteiger partial charge is 0.122 e. The summed E-state index contributed by atoms with van der Waals surface area (Å²) in [4.78, 5) is 0. The van der Waals surface area contributed by atoms with Gasteiger partial charge in [0.1, 0.15) is 37.1 Å². The van der Waals surface area contributed by atoms with E-state index in [1.54, 1.807) is 0 Å². The van der Waals surface area contributed by atoms with Gasteiger partial charge in [-0.2, -0.15) is 0 Å². The quantitative estimate of drug-likeness (QED) is 0.518. The predicted molar refractivity (Wildman–Crippen MR) is 109 cm³/mol. The Balaban J connectivity index is 1.37. The molecule has 0 spiro atoms. The Morgan fingerprint density at radius 3 is 2.19 bits per heavy atom. The molecule has 0 saturated heterocycles. The summed E-state index contributed by atoms with van der Waals surface area (Å²) in [5.41, 5.74) is 2.15. The van der Waals surface area contributed by atoms with E-state index >= 15 is 0 Å². The lowest BCUT2D eigenvalue weighted by Crippen LogP contribution is -2.12. The van der Waals surface area contributed by atoms with Crippen molar-refractivity contribution in [1.82, 2.24) is 0 Å². The summed E-state index contributed by atoms with van der Waals surface area (Å²) in [5.74, 6) is 2.59. The van der Waals surface area contributed by atoms with Gasteiger partial charge in [0.05, 0.1) is 0 Å². The Morgan fingerprint density at radius 2 is 1.37 bits per heavy atom. The fourth-order valence-corrected chi connectivity index (χ4v) is 2.61. The summed E-state index contributed by atoms with van der Waals surface area (Å²) in [6.45, 7) is 4.36. The molecule has 0 aliphatic heterocycles. The van der Waals surface area contributed by atoms with Crippen LogP contribution in [0.1, 0.15) is 5.56 Å². The van der Waals surface area contributed by atoms with Crippen molar-refractivity contribution in [3.8, 4) is 17.2 Å². The van der Waals surface area contributed by atoms with E-state index < -0.39 is 0 Å². The molecule has 1 N–H and O–H groups in total. The predicted octanol–water partition coefficient (Wildman–Crippen LogP) is 4.94. The lowest BCUT2D eigenvalue weighted by molar-refractivity contribution is 0.217. The second-order valence-electron chi connectivity index (χ2n) is 6.08. The topological polar surface area (TPSA) is 39.7 Å². The van der Waals surface area contributed by atoms with Gasteiger partial charge in [0.15, 0.2) is 0 Å². The first kappa shape index (κ1) is 18.6. The van der Waals surface area contributed by atoms with E-state index in [0.717, 1.165) is 35.0 Å². The maximum Gasteiger partial charge on any atom is 0.122 e. The molecule has 3 rings (SSSR count). The van der Waals surface area contributed by atoms with E-state index in [0.29, 0.717) is 19.8 Å². The van der Waals surface area contributed by atoms with Crippen molar-refractivity contribution in [1.29, 1.82) is 0 Å². The highest BCUT2D eigenvalue weighted by Crippen LogP contribution is 2.18. The summed E-state index contributed by atoms with van der Waals surface area (Å²) < 4.78 is 17.2. The van der Waals surface area contributed by atoms with Gasteiger partial charge in [-0.05, 0) is 42.8 Å². The van der Waals surface area contributed by atoms with E-state index in [2.05, 4.69) is 5.32 Å². The highest BCUT2D eigenvalue weighted by atomic mass is 16.5. The minimum atomic E-state index is 0.495. The van der Waals surface area contributed by atoms with Crippen LogP contribution in [0.5, 0.6) is 17.2 Å². The highest BCUT2D eigenvalue weighted by Gasteiger charge is 2.00. The average Bonchev–Trinajstić information content (AvgIpc) is 2.71. The Hall–Kier alpha value is -3.14. The molecule has 0 fully saturated rings. The van der Waals surface area contributed by atoms with Crippen molar-refractivity contribution in [2.75, 3.05) is 31.7 Å². The lowest BCUT2D eigenvalue weighted by atomic mass is 10.2. The number of benzene rings is 3. The molecule has 0 amide bonds. The molecule has 0 atom stereocenters. The number of anilines is 1. The summed E-state index contributed by atoms with van der Waals surface area (Å²) in [6, 6.07) is 25.7. The van der Waals surface area contributed by atoms with Crippen LogP contribution in [0.2, 0.25) is 0 Å². The summed E-state index contributed by atoms with van der Waals surface area (Å²) in [7, 11) is 0. The molecular weight excluding hydrogens is 338 g/mol. The Morgan fingerprint density at radius 1 is 0.667 bits per heavy atom. The van der Waals surface area contributed by atoms with Gasteiger partial charge in [-0.25, -0.2) is 0 Å². The van der Waals surface area contributed by atoms with Gasteiger partial charge in [-0.3, -0.25) is 0 Å². The monoisotopic (exact) mass is 363 g/mol. The van der Waals surface area contributed by atoms with Crippen LogP contribution >= 0.6 is 0 Å². The fraction of sp³-hybridized carbons (Fsp3) is 0.217. The molecule has 0 heterocycles. The standard InChI is InChI=1S/C23H25NO3/c1-19-8-5-6-13-23(19)27-15-14-24-20-9-7-12-22(18-20)26-17-16-25-21-10-3-2-4-11-21/h2-13,18,24H,14-17H2,1H3. The molecular formula is C23H25NO3. The van der Waals surface area contributed by atoms with Crippen molar-refractivity contribution >= 4 is 5.69 Å². The molecule has 140 valence electrons. The zero-order valence-corrected chi connectivity index (χ0v) is 15.6. The summed E-state index contributed by atoms with van der Waals surface area (Å²) in [6.07, 6.45) is 0.